The fourth-order valence-corrected chi connectivity index (χ4v) is 2.55. The summed E-state index contributed by atoms with van der Waals surface area (Å²) in [6.07, 6.45) is 5.37. The molecule has 0 aromatic heterocycles. The lowest BCUT2D eigenvalue weighted by molar-refractivity contribution is -0.000757. The maximum Gasteiger partial charge on any atom is 0.00476 e. The Morgan fingerprint density at radius 3 is 2.27 bits per heavy atom. The highest BCUT2D eigenvalue weighted by molar-refractivity contribution is 5.06. The molecule has 1 aliphatic heterocycles. The summed E-state index contributed by atoms with van der Waals surface area (Å²) in [6.45, 7) is 6.71. The number of nitrogens with zero attached hydrogens (tertiary/aromatic N) is 1. The number of hydrogen-bond acceptors (Lipinski definition) is 1. The van der Waals surface area contributed by atoms with Crippen molar-refractivity contribution in [1.29, 1.82) is 0 Å². The van der Waals surface area contributed by atoms with Gasteiger partial charge in [0.25, 0.3) is 0 Å². The van der Waals surface area contributed by atoms with Crippen LogP contribution >= 0.6 is 0 Å². The number of likely N-dealkylation sites (tertiary alicyclic amines) is 1. The molecule has 1 heterocycles. The van der Waals surface area contributed by atoms with Gasteiger partial charge in [0, 0.05) is 13.1 Å². The molecule has 1 nitrogen and oxygen atoms in total. The topological polar surface area (TPSA) is 3.24 Å². The van der Waals surface area contributed by atoms with Gasteiger partial charge in [-0.2, -0.15) is 0 Å². The highest BCUT2D eigenvalue weighted by Crippen LogP contribution is 2.44. The molecular weight excluding hydrogens is 134 g/mol. The molecule has 0 atom stereocenters. The van der Waals surface area contributed by atoms with Gasteiger partial charge in [-0.25, -0.2) is 0 Å². The zero-order valence-electron chi connectivity index (χ0n) is 7.40. The monoisotopic (exact) mass is 151 g/mol. The molecule has 1 aliphatic carbocycles. The van der Waals surface area contributed by atoms with Crippen LogP contribution in [0.1, 0.15) is 25.7 Å². The van der Waals surface area contributed by atoms with E-state index in [0.29, 0.717) is 0 Å². The van der Waals surface area contributed by atoms with Crippen LogP contribution in [0.2, 0.25) is 0 Å². The maximum atomic E-state index is 4.04. The van der Waals surface area contributed by atoms with Crippen LogP contribution in [0.5, 0.6) is 0 Å². The fourth-order valence-electron chi connectivity index (χ4n) is 2.55. The molecule has 0 radical (unpaired) electrons. The summed E-state index contributed by atoms with van der Waals surface area (Å²) in [6, 6.07) is 0. The van der Waals surface area contributed by atoms with Crippen molar-refractivity contribution in [2.75, 3.05) is 20.1 Å². The molecular formula is C10H17N. The highest BCUT2D eigenvalue weighted by atomic mass is 15.2. The molecule has 0 amide bonds. The van der Waals surface area contributed by atoms with Gasteiger partial charge in [-0.05, 0) is 38.1 Å². The minimum atomic E-state index is 0.718. The average Bonchev–Trinajstić information content (AvgIpc) is 1.92. The van der Waals surface area contributed by atoms with E-state index < -0.39 is 0 Å². The van der Waals surface area contributed by atoms with E-state index in [1.54, 1.807) is 0 Å². The summed E-state index contributed by atoms with van der Waals surface area (Å²) in [4.78, 5) is 2.42. The van der Waals surface area contributed by atoms with Gasteiger partial charge >= 0.3 is 0 Å². The molecule has 2 fully saturated rings. The first-order chi connectivity index (χ1) is 5.20. The van der Waals surface area contributed by atoms with Crippen molar-refractivity contribution in [3.8, 4) is 0 Å². The summed E-state index contributed by atoms with van der Waals surface area (Å²) >= 11 is 0. The van der Waals surface area contributed by atoms with Gasteiger partial charge in [-0.3, -0.25) is 0 Å². The first-order valence-corrected chi connectivity index (χ1v) is 4.55. The fraction of sp³-hybridized carbons (Fsp3) is 0.800. The van der Waals surface area contributed by atoms with Crippen LogP contribution < -0.4 is 0 Å². The molecule has 1 heteroatoms. The van der Waals surface area contributed by atoms with Gasteiger partial charge in [0.15, 0.2) is 0 Å². The Morgan fingerprint density at radius 2 is 1.82 bits per heavy atom. The van der Waals surface area contributed by atoms with E-state index in [9.17, 15) is 0 Å². The SMILES string of the molecule is C=C1CCC2(CC1)CN(C)C2. The van der Waals surface area contributed by atoms with Crippen LogP contribution in [-0.2, 0) is 0 Å². The number of allylic oxidation sites excluding steroid dienone is 1. The van der Waals surface area contributed by atoms with Gasteiger partial charge < -0.3 is 4.90 Å². The minimum Gasteiger partial charge on any atom is -0.305 e. The lowest BCUT2D eigenvalue weighted by Crippen LogP contribution is -2.55. The molecule has 0 bridgehead atoms. The predicted octanol–water partition coefficient (Wildman–Crippen LogP) is 2.05. The van der Waals surface area contributed by atoms with E-state index in [-0.39, 0.29) is 0 Å². The Labute approximate surface area is 69.1 Å². The average molecular weight is 151 g/mol. The van der Waals surface area contributed by atoms with Crippen LogP contribution in [0.4, 0.5) is 0 Å². The molecule has 0 aromatic rings. The maximum absolute atomic E-state index is 4.04. The summed E-state index contributed by atoms with van der Waals surface area (Å²) in [5.41, 5.74) is 2.20. The van der Waals surface area contributed by atoms with E-state index in [1.165, 1.54) is 44.3 Å². The number of rotatable bonds is 0. The Morgan fingerprint density at radius 1 is 1.27 bits per heavy atom. The zero-order chi connectivity index (χ0) is 7.90. The molecule has 0 aromatic carbocycles. The third kappa shape index (κ3) is 1.22. The van der Waals surface area contributed by atoms with Gasteiger partial charge in [0.05, 0.1) is 0 Å². The lowest BCUT2D eigenvalue weighted by atomic mass is 9.68. The van der Waals surface area contributed by atoms with E-state index in [1.807, 2.05) is 0 Å². The van der Waals surface area contributed by atoms with Crippen LogP contribution in [0.15, 0.2) is 12.2 Å². The molecule has 1 spiro atoms. The Balaban J connectivity index is 1.93. The second kappa shape index (κ2) is 2.34. The third-order valence-electron chi connectivity index (χ3n) is 3.23. The smallest absolute Gasteiger partial charge is 0.00476 e. The van der Waals surface area contributed by atoms with Crippen molar-refractivity contribution in [2.45, 2.75) is 25.7 Å². The number of hydrogen-bond donors (Lipinski definition) is 0. The normalized spacial score (nSPS) is 30.5. The van der Waals surface area contributed by atoms with Crippen molar-refractivity contribution in [3.05, 3.63) is 12.2 Å². The van der Waals surface area contributed by atoms with Gasteiger partial charge in [0.2, 0.25) is 0 Å². The minimum absolute atomic E-state index is 0.718. The molecule has 1 saturated heterocycles. The van der Waals surface area contributed by atoms with Crippen LogP contribution in [-0.4, -0.2) is 25.0 Å². The first-order valence-electron chi connectivity index (χ1n) is 4.55. The molecule has 62 valence electrons. The van der Waals surface area contributed by atoms with Crippen molar-refractivity contribution >= 4 is 0 Å². The molecule has 2 rings (SSSR count). The highest BCUT2D eigenvalue weighted by Gasteiger charge is 2.41. The first kappa shape index (κ1) is 7.35. The zero-order valence-corrected chi connectivity index (χ0v) is 7.40. The Bertz CT molecular complexity index is 165. The molecule has 1 saturated carbocycles. The lowest BCUT2D eigenvalue weighted by Gasteiger charge is -2.51. The van der Waals surface area contributed by atoms with Gasteiger partial charge in [-0.15, -0.1) is 0 Å². The predicted molar refractivity (Wildman–Crippen MR) is 47.5 cm³/mol. The summed E-state index contributed by atoms with van der Waals surface area (Å²) in [5, 5.41) is 0. The molecule has 0 N–H and O–H groups in total. The van der Waals surface area contributed by atoms with Crippen LogP contribution in [0, 0.1) is 5.41 Å². The second-order valence-corrected chi connectivity index (χ2v) is 4.42. The van der Waals surface area contributed by atoms with Crippen molar-refractivity contribution in [1.82, 2.24) is 4.90 Å². The quantitative estimate of drug-likeness (QED) is 0.479. The second-order valence-electron chi connectivity index (χ2n) is 4.42. The van der Waals surface area contributed by atoms with Gasteiger partial charge in [-0.1, -0.05) is 12.2 Å². The third-order valence-corrected chi connectivity index (χ3v) is 3.23. The van der Waals surface area contributed by atoms with E-state index in [4.69, 9.17) is 0 Å². The van der Waals surface area contributed by atoms with Gasteiger partial charge in [0.1, 0.15) is 0 Å². The van der Waals surface area contributed by atoms with E-state index in [0.717, 1.165) is 5.41 Å². The molecule has 2 aliphatic rings. The van der Waals surface area contributed by atoms with Crippen LogP contribution in [0.25, 0.3) is 0 Å². The van der Waals surface area contributed by atoms with E-state index in [2.05, 4.69) is 18.5 Å². The largest absolute Gasteiger partial charge is 0.305 e. The van der Waals surface area contributed by atoms with Crippen molar-refractivity contribution < 1.29 is 0 Å². The Kier molecular flexibility index (Phi) is 1.57. The standard InChI is InChI=1S/C10H17N/c1-9-3-5-10(6-4-9)7-11(2)8-10/h1,3-8H2,2H3. The van der Waals surface area contributed by atoms with Crippen molar-refractivity contribution in [2.24, 2.45) is 5.41 Å². The summed E-state index contributed by atoms with van der Waals surface area (Å²) in [5.74, 6) is 0. The summed E-state index contributed by atoms with van der Waals surface area (Å²) < 4.78 is 0. The summed E-state index contributed by atoms with van der Waals surface area (Å²) in [7, 11) is 2.22. The van der Waals surface area contributed by atoms with Crippen LogP contribution in [0.3, 0.4) is 0 Å². The Hall–Kier alpha value is -0.300. The molecule has 0 unspecified atom stereocenters. The molecule has 11 heavy (non-hydrogen) atoms. The van der Waals surface area contributed by atoms with E-state index >= 15 is 0 Å². The van der Waals surface area contributed by atoms with Crippen molar-refractivity contribution in [3.63, 3.8) is 0 Å².